The summed E-state index contributed by atoms with van der Waals surface area (Å²) in [5, 5.41) is 15.4. The van der Waals surface area contributed by atoms with Crippen LogP contribution in [0.1, 0.15) is 97.8 Å². The normalized spacial score (nSPS) is 21.5. The van der Waals surface area contributed by atoms with Crippen LogP contribution in [0, 0.1) is 12.3 Å². The lowest BCUT2D eigenvalue weighted by molar-refractivity contribution is 0.0983. The monoisotopic (exact) mass is 449 g/mol. The van der Waals surface area contributed by atoms with Crippen LogP contribution in [0.5, 0.6) is 0 Å². The molecule has 0 bridgehead atoms. The summed E-state index contributed by atoms with van der Waals surface area (Å²) in [4.78, 5) is 5.18. The third-order valence-corrected chi connectivity index (χ3v) is 7.96. The van der Waals surface area contributed by atoms with Gasteiger partial charge in [0, 0.05) is 22.7 Å². The van der Waals surface area contributed by atoms with Gasteiger partial charge in [0.15, 0.2) is 6.17 Å². The fraction of sp³-hybridized carbons (Fsp3) is 0.464. The van der Waals surface area contributed by atoms with Gasteiger partial charge in [-0.15, -0.1) is 0 Å². The number of aromatic nitrogens is 1. The predicted octanol–water partition coefficient (Wildman–Crippen LogP) is 7.84. The molecule has 168 valence electrons. The number of benzene rings is 1. The van der Waals surface area contributed by atoms with Crippen molar-refractivity contribution in [2.75, 3.05) is 0 Å². The first-order valence-corrected chi connectivity index (χ1v) is 12.8. The summed E-state index contributed by atoms with van der Waals surface area (Å²) >= 11 is 1.62. The SMILES string of the molecule is Cc1ccc([C@H](F)c2c(C3CCCC3)nc3c(c2-c2ccsc2)[C@@H](O)CC(C)(C)C3)cc1. The minimum atomic E-state index is -1.26. The van der Waals surface area contributed by atoms with Crippen molar-refractivity contribution in [2.24, 2.45) is 5.41 Å². The number of thiophene rings is 1. The van der Waals surface area contributed by atoms with Crippen LogP contribution in [-0.4, -0.2) is 10.1 Å². The fourth-order valence-corrected chi connectivity index (χ4v) is 6.36. The zero-order valence-electron chi connectivity index (χ0n) is 19.2. The maximum Gasteiger partial charge on any atom is 0.153 e. The third-order valence-electron chi connectivity index (χ3n) is 7.28. The van der Waals surface area contributed by atoms with Crippen LogP contribution in [0.15, 0.2) is 41.1 Å². The fourth-order valence-electron chi connectivity index (χ4n) is 5.71. The van der Waals surface area contributed by atoms with E-state index in [1.165, 1.54) is 12.8 Å². The highest BCUT2D eigenvalue weighted by molar-refractivity contribution is 7.08. The molecule has 1 N–H and O–H groups in total. The van der Waals surface area contributed by atoms with E-state index < -0.39 is 12.3 Å². The molecule has 0 spiro atoms. The second-order valence-electron chi connectivity index (χ2n) is 10.5. The van der Waals surface area contributed by atoms with E-state index in [0.29, 0.717) is 23.5 Å². The number of halogens is 1. The van der Waals surface area contributed by atoms with Crippen LogP contribution >= 0.6 is 11.3 Å². The maximum absolute atomic E-state index is 16.5. The first-order chi connectivity index (χ1) is 15.3. The summed E-state index contributed by atoms with van der Waals surface area (Å²) in [6, 6.07) is 9.81. The summed E-state index contributed by atoms with van der Waals surface area (Å²) in [5.74, 6) is 0.290. The van der Waals surface area contributed by atoms with Crippen LogP contribution in [0.25, 0.3) is 11.1 Å². The van der Waals surface area contributed by atoms with Gasteiger partial charge in [0.2, 0.25) is 0 Å². The second-order valence-corrected chi connectivity index (χ2v) is 11.3. The summed E-state index contributed by atoms with van der Waals surface area (Å²) in [5.41, 5.74) is 7.12. The number of hydrogen-bond donors (Lipinski definition) is 1. The Hall–Kier alpha value is -2.04. The lowest BCUT2D eigenvalue weighted by Gasteiger charge is -2.37. The van der Waals surface area contributed by atoms with E-state index in [1.54, 1.807) is 11.3 Å². The highest BCUT2D eigenvalue weighted by atomic mass is 32.1. The summed E-state index contributed by atoms with van der Waals surface area (Å²) < 4.78 is 16.5. The van der Waals surface area contributed by atoms with E-state index in [4.69, 9.17) is 4.98 Å². The number of aliphatic hydroxyl groups is 1. The molecule has 2 heterocycles. The lowest BCUT2D eigenvalue weighted by atomic mass is 9.71. The molecule has 1 aromatic carbocycles. The average molecular weight is 450 g/mol. The van der Waals surface area contributed by atoms with Crippen LogP contribution in [-0.2, 0) is 6.42 Å². The minimum absolute atomic E-state index is 0.0220. The van der Waals surface area contributed by atoms with Crippen molar-refractivity contribution >= 4 is 11.3 Å². The van der Waals surface area contributed by atoms with E-state index >= 15 is 4.39 Å². The molecule has 3 aromatic rings. The van der Waals surface area contributed by atoms with Crippen molar-refractivity contribution < 1.29 is 9.50 Å². The Morgan fingerprint density at radius 2 is 1.84 bits per heavy atom. The van der Waals surface area contributed by atoms with Crippen LogP contribution < -0.4 is 0 Å². The van der Waals surface area contributed by atoms with E-state index in [9.17, 15) is 5.11 Å². The van der Waals surface area contributed by atoms with Crippen molar-refractivity contribution in [1.82, 2.24) is 4.98 Å². The minimum Gasteiger partial charge on any atom is -0.388 e. The van der Waals surface area contributed by atoms with E-state index in [1.807, 2.05) is 36.6 Å². The highest BCUT2D eigenvalue weighted by Crippen LogP contribution is 2.50. The molecule has 0 aliphatic heterocycles. The largest absolute Gasteiger partial charge is 0.388 e. The van der Waals surface area contributed by atoms with E-state index in [2.05, 4.69) is 25.3 Å². The van der Waals surface area contributed by atoms with Crippen LogP contribution in [0.4, 0.5) is 4.39 Å². The number of fused-ring (bicyclic) bond motifs is 1. The first-order valence-electron chi connectivity index (χ1n) is 11.8. The van der Waals surface area contributed by atoms with Gasteiger partial charge in [-0.1, -0.05) is 56.5 Å². The molecule has 4 heteroatoms. The van der Waals surface area contributed by atoms with Gasteiger partial charge < -0.3 is 5.11 Å². The summed E-state index contributed by atoms with van der Waals surface area (Å²) in [7, 11) is 0. The number of aryl methyl sites for hydroxylation is 1. The Morgan fingerprint density at radius 1 is 1.12 bits per heavy atom. The van der Waals surface area contributed by atoms with Gasteiger partial charge in [0.25, 0.3) is 0 Å². The molecule has 0 radical (unpaired) electrons. The van der Waals surface area contributed by atoms with Gasteiger partial charge in [0.05, 0.1) is 11.8 Å². The van der Waals surface area contributed by atoms with Gasteiger partial charge in [0.1, 0.15) is 0 Å². The van der Waals surface area contributed by atoms with Gasteiger partial charge >= 0.3 is 0 Å². The molecule has 5 rings (SSSR count). The first kappa shape index (κ1) is 21.8. The molecule has 0 unspecified atom stereocenters. The number of pyridine rings is 1. The second kappa shape index (κ2) is 8.39. The maximum atomic E-state index is 16.5. The molecule has 2 aliphatic carbocycles. The van der Waals surface area contributed by atoms with Gasteiger partial charge in [-0.25, -0.2) is 4.39 Å². The van der Waals surface area contributed by atoms with E-state index in [-0.39, 0.29) is 5.41 Å². The Balaban J connectivity index is 1.80. The zero-order chi connectivity index (χ0) is 22.5. The predicted molar refractivity (Wildman–Crippen MR) is 130 cm³/mol. The zero-order valence-corrected chi connectivity index (χ0v) is 20.0. The average Bonchev–Trinajstić information content (AvgIpc) is 3.46. The molecule has 32 heavy (non-hydrogen) atoms. The third kappa shape index (κ3) is 3.92. The molecule has 2 aromatic heterocycles. The number of aliphatic hydroxyl groups excluding tert-OH is 1. The molecule has 1 saturated carbocycles. The van der Waals surface area contributed by atoms with Gasteiger partial charge in [-0.2, -0.15) is 11.3 Å². The van der Waals surface area contributed by atoms with Crippen molar-refractivity contribution in [3.8, 4) is 11.1 Å². The Bertz CT molecular complexity index is 1100. The van der Waals surface area contributed by atoms with Crippen molar-refractivity contribution in [3.63, 3.8) is 0 Å². The lowest BCUT2D eigenvalue weighted by Crippen LogP contribution is -2.29. The molecular formula is C28H32FNOS. The molecular weight excluding hydrogens is 417 g/mol. The summed E-state index contributed by atoms with van der Waals surface area (Å²) in [6.07, 6.45) is 4.07. The van der Waals surface area contributed by atoms with E-state index in [0.717, 1.165) is 52.9 Å². The molecule has 2 atom stereocenters. The Morgan fingerprint density at radius 3 is 2.50 bits per heavy atom. The molecule has 0 saturated heterocycles. The number of hydrogen-bond acceptors (Lipinski definition) is 3. The highest BCUT2D eigenvalue weighted by Gasteiger charge is 2.39. The summed E-state index contributed by atoms with van der Waals surface area (Å²) in [6.45, 7) is 6.41. The topological polar surface area (TPSA) is 33.1 Å². The smallest absolute Gasteiger partial charge is 0.153 e. The van der Waals surface area contributed by atoms with Crippen LogP contribution in [0.3, 0.4) is 0 Å². The van der Waals surface area contributed by atoms with Crippen molar-refractivity contribution in [2.45, 2.75) is 77.5 Å². The number of rotatable bonds is 4. The standard InChI is InChI=1S/C28H32FNOS/c1-17-8-10-18(11-9-17)26(29)25-23(20-12-13-32-16-20)24-21(14-28(2,3)15-22(24)31)30-27(25)19-6-4-5-7-19/h8-13,16,19,22,26,31H,4-7,14-15H2,1-3H3/t22-,26-/m0/s1. The molecule has 1 fully saturated rings. The molecule has 2 nitrogen and oxygen atoms in total. The van der Waals surface area contributed by atoms with Crippen molar-refractivity contribution in [3.05, 3.63) is 74.7 Å². The van der Waals surface area contributed by atoms with Gasteiger partial charge in [-0.3, -0.25) is 4.98 Å². The Kier molecular flexibility index (Phi) is 5.71. The number of nitrogens with zero attached hydrogens (tertiary/aromatic N) is 1. The quantitative estimate of drug-likeness (QED) is 0.440. The molecule has 2 aliphatic rings. The number of alkyl halides is 1. The molecule has 0 amide bonds. The van der Waals surface area contributed by atoms with Crippen molar-refractivity contribution in [1.29, 1.82) is 0 Å². The van der Waals surface area contributed by atoms with Crippen LogP contribution in [0.2, 0.25) is 0 Å². The van der Waals surface area contributed by atoms with Gasteiger partial charge in [-0.05, 0) is 71.5 Å². The Labute approximate surface area is 194 Å².